The SMILES string of the molecule is CCOc1cccc([C@@H]2Nc3ccccc3C(=O)N2C[C@H]2CCCO2)c1OC(F)F. The van der Waals surface area contributed by atoms with Gasteiger partial charge in [-0.2, -0.15) is 8.78 Å². The molecule has 2 aliphatic rings. The van der Waals surface area contributed by atoms with Crippen LogP contribution in [0.25, 0.3) is 0 Å². The summed E-state index contributed by atoms with van der Waals surface area (Å²) in [6.07, 6.45) is 0.974. The molecular weight excluding hydrogens is 394 g/mol. The van der Waals surface area contributed by atoms with Crippen LogP contribution in [0.1, 0.15) is 41.9 Å². The first-order valence-corrected chi connectivity index (χ1v) is 10.1. The summed E-state index contributed by atoms with van der Waals surface area (Å²) in [5.74, 6) is -0.0495. The molecule has 1 saturated heterocycles. The van der Waals surface area contributed by atoms with Crippen molar-refractivity contribution in [3.8, 4) is 11.5 Å². The predicted octanol–water partition coefficient (Wildman–Crippen LogP) is 4.43. The lowest BCUT2D eigenvalue weighted by atomic mass is 10.0. The molecule has 0 aromatic heterocycles. The van der Waals surface area contributed by atoms with Crippen molar-refractivity contribution < 1.29 is 27.8 Å². The smallest absolute Gasteiger partial charge is 0.387 e. The average molecular weight is 418 g/mol. The van der Waals surface area contributed by atoms with Crippen molar-refractivity contribution in [2.24, 2.45) is 0 Å². The van der Waals surface area contributed by atoms with Crippen LogP contribution < -0.4 is 14.8 Å². The van der Waals surface area contributed by atoms with Crippen LogP contribution in [0, 0.1) is 0 Å². The van der Waals surface area contributed by atoms with E-state index < -0.39 is 12.8 Å². The molecule has 0 aliphatic carbocycles. The van der Waals surface area contributed by atoms with Gasteiger partial charge in [0.05, 0.1) is 18.3 Å². The van der Waals surface area contributed by atoms with Gasteiger partial charge in [-0.15, -0.1) is 0 Å². The number of fused-ring (bicyclic) bond motifs is 1. The first kappa shape index (κ1) is 20.4. The molecule has 0 saturated carbocycles. The monoisotopic (exact) mass is 418 g/mol. The number of nitrogens with one attached hydrogen (secondary N) is 1. The highest BCUT2D eigenvalue weighted by Gasteiger charge is 2.37. The van der Waals surface area contributed by atoms with E-state index in [9.17, 15) is 13.6 Å². The predicted molar refractivity (Wildman–Crippen MR) is 107 cm³/mol. The van der Waals surface area contributed by atoms with Gasteiger partial charge in [0.15, 0.2) is 11.5 Å². The number of ether oxygens (including phenoxy) is 3. The molecule has 1 fully saturated rings. The zero-order valence-electron chi connectivity index (χ0n) is 16.6. The Balaban J connectivity index is 1.78. The highest BCUT2D eigenvalue weighted by Crippen LogP contribution is 2.42. The second-order valence-electron chi connectivity index (χ2n) is 7.17. The third-order valence-electron chi connectivity index (χ3n) is 5.26. The van der Waals surface area contributed by atoms with Crippen LogP contribution in [0.2, 0.25) is 0 Å². The standard InChI is InChI=1S/C22H24F2N2O4/c1-2-28-18-11-5-9-16(19(18)30-22(23)24)20-25-17-10-4-3-8-15(17)21(27)26(20)13-14-7-6-12-29-14/h3-5,8-11,14,20,22,25H,2,6-7,12-13H2,1H3/t14-,20-/m1/s1. The zero-order chi connectivity index (χ0) is 21.1. The maximum Gasteiger partial charge on any atom is 0.387 e. The number of amides is 1. The van der Waals surface area contributed by atoms with Gasteiger partial charge in [0.2, 0.25) is 0 Å². The Hall–Kier alpha value is -2.87. The number of anilines is 1. The largest absolute Gasteiger partial charge is 0.490 e. The van der Waals surface area contributed by atoms with Gasteiger partial charge in [-0.1, -0.05) is 24.3 Å². The van der Waals surface area contributed by atoms with E-state index in [-0.39, 0.29) is 23.5 Å². The van der Waals surface area contributed by atoms with Crippen LogP contribution in [0.5, 0.6) is 11.5 Å². The summed E-state index contributed by atoms with van der Waals surface area (Å²) >= 11 is 0. The minimum Gasteiger partial charge on any atom is -0.490 e. The van der Waals surface area contributed by atoms with E-state index in [1.54, 1.807) is 48.2 Å². The minimum absolute atomic E-state index is 0.0728. The topological polar surface area (TPSA) is 60.0 Å². The number of alkyl halides is 2. The number of carbonyl (C=O) groups excluding carboxylic acids is 1. The van der Waals surface area contributed by atoms with Crippen LogP contribution in [0.4, 0.5) is 14.5 Å². The molecular formula is C22H24F2N2O4. The number of nitrogens with zero attached hydrogens (tertiary/aromatic N) is 1. The summed E-state index contributed by atoms with van der Waals surface area (Å²) < 4.78 is 42.6. The lowest BCUT2D eigenvalue weighted by Crippen LogP contribution is -2.46. The van der Waals surface area contributed by atoms with E-state index in [0.29, 0.717) is 36.6 Å². The fraction of sp³-hybridized carbons (Fsp3) is 0.409. The Morgan fingerprint density at radius 3 is 2.80 bits per heavy atom. The van der Waals surface area contributed by atoms with E-state index in [2.05, 4.69) is 5.32 Å². The Morgan fingerprint density at radius 2 is 2.07 bits per heavy atom. The van der Waals surface area contributed by atoms with Gasteiger partial charge < -0.3 is 24.4 Å². The molecule has 2 atom stereocenters. The minimum atomic E-state index is -3.02. The fourth-order valence-corrected chi connectivity index (χ4v) is 3.97. The van der Waals surface area contributed by atoms with Crippen molar-refractivity contribution in [3.05, 3.63) is 53.6 Å². The molecule has 2 aromatic carbocycles. The molecule has 30 heavy (non-hydrogen) atoms. The van der Waals surface area contributed by atoms with Crippen molar-refractivity contribution in [2.75, 3.05) is 25.1 Å². The molecule has 2 heterocycles. The van der Waals surface area contributed by atoms with E-state index in [1.165, 1.54) is 0 Å². The van der Waals surface area contributed by atoms with Crippen molar-refractivity contribution in [1.82, 2.24) is 4.90 Å². The average Bonchev–Trinajstić information content (AvgIpc) is 3.24. The molecule has 2 aromatic rings. The van der Waals surface area contributed by atoms with Crippen molar-refractivity contribution in [3.63, 3.8) is 0 Å². The summed E-state index contributed by atoms with van der Waals surface area (Å²) in [5.41, 5.74) is 1.58. The normalized spacial score (nSPS) is 20.8. The van der Waals surface area contributed by atoms with Gasteiger partial charge in [-0.25, -0.2) is 0 Å². The maximum atomic E-state index is 13.3. The quantitative estimate of drug-likeness (QED) is 0.721. The molecule has 0 spiro atoms. The van der Waals surface area contributed by atoms with E-state index in [0.717, 1.165) is 12.8 Å². The molecule has 2 aliphatic heterocycles. The van der Waals surface area contributed by atoms with E-state index >= 15 is 0 Å². The van der Waals surface area contributed by atoms with Crippen LogP contribution in [-0.2, 0) is 4.74 Å². The van der Waals surface area contributed by atoms with Crippen molar-refractivity contribution in [1.29, 1.82) is 0 Å². The number of hydrogen-bond donors (Lipinski definition) is 1. The second-order valence-corrected chi connectivity index (χ2v) is 7.17. The van der Waals surface area contributed by atoms with Gasteiger partial charge in [0.1, 0.15) is 6.17 Å². The molecule has 8 heteroatoms. The summed E-state index contributed by atoms with van der Waals surface area (Å²) in [7, 11) is 0. The van der Waals surface area contributed by atoms with E-state index in [4.69, 9.17) is 14.2 Å². The van der Waals surface area contributed by atoms with Crippen LogP contribution in [0.15, 0.2) is 42.5 Å². The number of carbonyl (C=O) groups is 1. The Labute approximate surface area is 173 Å². The van der Waals surface area contributed by atoms with E-state index in [1.807, 2.05) is 6.07 Å². The summed E-state index contributed by atoms with van der Waals surface area (Å²) in [6, 6.07) is 12.1. The fourth-order valence-electron chi connectivity index (χ4n) is 3.97. The first-order valence-electron chi connectivity index (χ1n) is 10.1. The van der Waals surface area contributed by atoms with Crippen molar-refractivity contribution in [2.45, 2.75) is 38.6 Å². The van der Waals surface area contributed by atoms with Crippen LogP contribution in [0.3, 0.4) is 0 Å². The first-order chi connectivity index (χ1) is 14.6. The second kappa shape index (κ2) is 8.87. The molecule has 4 rings (SSSR count). The molecule has 0 bridgehead atoms. The van der Waals surface area contributed by atoms with Crippen LogP contribution >= 0.6 is 0 Å². The molecule has 1 amide bonds. The third kappa shape index (κ3) is 4.05. The number of para-hydroxylation sites is 2. The highest BCUT2D eigenvalue weighted by atomic mass is 19.3. The number of hydrogen-bond acceptors (Lipinski definition) is 5. The summed E-state index contributed by atoms with van der Waals surface area (Å²) in [6.45, 7) is 0.0335. The molecule has 0 radical (unpaired) electrons. The lowest BCUT2D eigenvalue weighted by molar-refractivity contribution is -0.0527. The molecule has 160 valence electrons. The Kier molecular flexibility index (Phi) is 6.03. The summed E-state index contributed by atoms with van der Waals surface area (Å²) in [4.78, 5) is 15.0. The van der Waals surface area contributed by atoms with Gasteiger partial charge in [-0.05, 0) is 38.0 Å². The third-order valence-corrected chi connectivity index (χ3v) is 5.26. The van der Waals surface area contributed by atoms with Crippen molar-refractivity contribution >= 4 is 11.6 Å². The number of benzene rings is 2. The van der Waals surface area contributed by atoms with Gasteiger partial charge in [-0.3, -0.25) is 4.79 Å². The highest BCUT2D eigenvalue weighted by molar-refractivity contribution is 6.01. The molecule has 1 N–H and O–H groups in total. The lowest BCUT2D eigenvalue weighted by Gasteiger charge is -2.39. The number of rotatable bonds is 7. The number of halogens is 2. The molecule has 6 nitrogen and oxygen atoms in total. The maximum absolute atomic E-state index is 13.3. The van der Waals surface area contributed by atoms with Gasteiger partial charge in [0.25, 0.3) is 5.91 Å². The Morgan fingerprint density at radius 1 is 1.23 bits per heavy atom. The van der Waals surface area contributed by atoms with Crippen LogP contribution in [-0.4, -0.2) is 43.3 Å². The zero-order valence-corrected chi connectivity index (χ0v) is 16.6. The van der Waals surface area contributed by atoms with Gasteiger partial charge in [0, 0.05) is 24.4 Å². The summed E-state index contributed by atoms with van der Waals surface area (Å²) in [5, 5.41) is 3.32. The molecule has 0 unspecified atom stereocenters. The Bertz CT molecular complexity index is 902. The van der Waals surface area contributed by atoms with Gasteiger partial charge >= 0.3 is 6.61 Å².